The molecule has 20 heavy (non-hydrogen) atoms. The zero-order valence-electron chi connectivity index (χ0n) is 12.2. The van der Waals surface area contributed by atoms with Gasteiger partial charge in [-0.1, -0.05) is 13.0 Å². The minimum atomic E-state index is 0.0337. The van der Waals surface area contributed by atoms with E-state index in [1.54, 1.807) is 11.8 Å². The Balaban J connectivity index is 2.55. The van der Waals surface area contributed by atoms with Crippen LogP contribution in [-0.4, -0.2) is 24.7 Å². The maximum Gasteiger partial charge on any atom is 0.221 e. The first-order chi connectivity index (χ1) is 9.62. The lowest BCUT2D eigenvalue weighted by molar-refractivity contribution is -0.121. The van der Waals surface area contributed by atoms with Crippen LogP contribution in [0.25, 0.3) is 0 Å². The average molecular weight is 291 g/mol. The van der Waals surface area contributed by atoms with Crippen LogP contribution in [0.4, 0.5) is 5.69 Å². The highest BCUT2D eigenvalue weighted by Crippen LogP contribution is 2.26. The number of thioether (sulfide) groups is 1. The summed E-state index contributed by atoms with van der Waals surface area (Å²) in [5.74, 6) is 0.0337. The van der Waals surface area contributed by atoms with Gasteiger partial charge >= 0.3 is 0 Å². The number of nitrogens with zero attached hydrogens (tertiary/aromatic N) is 1. The van der Waals surface area contributed by atoms with Crippen LogP contribution in [0.15, 0.2) is 23.1 Å². The second kappa shape index (κ2) is 8.49. The molecular weight excluding hydrogens is 270 g/mol. The van der Waals surface area contributed by atoms with Crippen LogP contribution in [-0.2, 0) is 4.79 Å². The third kappa shape index (κ3) is 4.78. The minimum Gasteiger partial charge on any atom is -0.383 e. The van der Waals surface area contributed by atoms with Crippen molar-refractivity contribution in [3.63, 3.8) is 0 Å². The summed E-state index contributed by atoms with van der Waals surface area (Å²) in [4.78, 5) is 12.6. The first kappa shape index (κ1) is 16.4. The molecule has 1 atom stereocenters. The molecule has 0 aromatic heterocycles. The van der Waals surface area contributed by atoms with Gasteiger partial charge in [0.05, 0.1) is 11.3 Å². The Morgan fingerprint density at radius 3 is 2.85 bits per heavy atom. The largest absolute Gasteiger partial charge is 0.383 e. The summed E-state index contributed by atoms with van der Waals surface area (Å²) in [6.07, 6.45) is 3.27. The van der Waals surface area contributed by atoms with Crippen molar-refractivity contribution in [1.82, 2.24) is 5.32 Å². The Bertz CT molecular complexity index is 496. The summed E-state index contributed by atoms with van der Waals surface area (Å²) in [5, 5.41) is 15.3. The molecule has 0 saturated carbocycles. The van der Waals surface area contributed by atoms with E-state index in [0.717, 1.165) is 17.0 Å². The van der Waals surface area contributed by atoms with Gasteiger partial charge in [0.15, 0.2) is 0 Å². The Labute approximate surface area is 124 Å². The lowest BCUT2D eigenvalue weighted by atomic mass is 10.2. The van der Waals surface area contributed by atoms with Gasteiger partial charge in [-0.05, 0) is 31.7 Å². The first-order valence-corrected chi connectivity index (χ1v) is 7.95. The SMILES string of the molecule is CCC(C)NC(=O)CCNc1cccc(SC)c1C#N. The highest BCUT2D eigenvalue weighted by atomic mass is 32.2. The fourth-order valence-corrected chi connectivity index (χ4v) is 2.30. The Hall–Kier alpha value is -1.67. The van der Waals surface area contributed by atoms with Gasteiger partial charge in [-0.25, -0.2) is 0 Å². The number of nitrogens with one attached hydrogen (secondary N) is 2. The van der Waals surface area contributed by atoms with Crippen molar-refractivity contribution in [2.75, 3.05) is 18.1 Å². The number of rotatable bonds is 7. The van der Waals surface area contributed by atoms with Crippen molar-refractivity contribution in [3.8, 4) is 6.07 Å². The number of carbonyl (C=O) groups is 1. The van der Waals surface area contributed by atoms with Crippen molar-refractivity contribution in [3.05, 3.63) is 23.8 Å². The van der Waals surface area contributed by atoms with E-state index in [9.17, 15) is 10.1 Å². The standard InChI is InChI=1S/C15H21N3OS/c1-4-11(2)18-15(19)8-9-17-13-6-5-7-14(20-3)12(13)10-16/h5-7,11,17H,4,8-9H2,1-3H3,(H,18,19). The first-order valence-electron chi connectivity index (χ1n) is 6.72. The van der Waals surface area contributed by atoms with Gasteiger partial charge in [-0.2, -0.15) is 5.26 Å². The summed E-state index contributed by atoms with van der Waals surface area (Å²) < 4.78 is 0. The van der Waals surface area contributed by atoms with Gasteiger partial charge in [0.25, 0.3) is 0 Å². The van der Waals surface area contributed by atoms with Crippen LogP contribution in [0.5, 0.6) is 0 Å². The molecule has 0 aliphatic rings. The summed E-state index contributed by atoms with van der Waals surface area (Å²) >= 11 is 1.54. The van der Waals surface area contributed by atoms with Crippen LogP contribution >= 0.6 is 11.8 Å². The van der Waals surface area contributed by atoms with Crippen LogP contribution < -0.4 is 10.6 Å². The van der Waals surface area contributed by atoms with Crippen molar-refractivity contribution >= 4 is 23.4 Å². The molecule has 0 saturated heterocycles. The van der Waals surface area contributed by atoms with Crippen molar-refractivity contribution < 1.29 is 4.79 Å². The highest BCUT2D eigenvalue weighted by molar-refractivity contribution is 7.98. The lowest BCUT2D eigenvalue weighted by Crippen LogP contribution is -2.33. The molecule has 0 aliphatic carbocycles. The summed E-state index contributed by atoms with van der Waals surface area (Å²) in [6, 6.07) is 8.11. The summed E-state index contributed by atoms with van der Waals surface area (Å²) in [6.45, 7) is 4.55. The van der Waals surface area contributed by atoms with Gasteiger partial charge in [0, 0.05) is 23.9 Å². The summed E-state index contributed by atoms with van der Waals surface area (Å²) in [5.41, 5.74) is 1.43. The number of hydrogen-bond donors (Lipinski definition) is 2. The third-order valence-electron chi connectivity index (χ3n) is 3.05. The van der Waals surface area contributed by atoms with Gasteiger partial charge in [0.1, 0.15) is 6.07 Å². The molecule has 1 amide bonds. The molecule has 1 aromatic carbocycles. The van der Waals surface area contributed by atoms with Crippen LogP contribution in [0.1, 0.15) is 32.3 Å². The number of benzene rings is 1. The molecule has 0 bridgehead atoms. The quantitative estimate of drug-likeness (QED) is 0.758. The normalized spacial score (nSPS) is 11.5. The van der Waals surface area contributed by atoms with E-state index < -0.39 is 0 Å². The van der Waals surface area contributed by atoms with E-state index in [1.807, 2.05) is 38.3 Å². The minimum absolute atomic E-state index is 0.0337. The van der Waals surface area contributed by atoms with E-state index in [0.29, 0.717) is 18.5 Å². The van der Waals surface area contributed by atoms with Crippen molar-refractivity contribution in [2.24, 2.45) is 0 Å². The molecule has 5 heteroatoms. The molecule has 1 rings (SSSR count). The number of anilines is 1. The molecule has 2 N–H and O–H groups in total. The topological polar surface area (TPSA) is 64.9 Å². The molecule has 0 spiro atoms. The monoisotopic (exact) mass is 291 g/mol. The fourth-order valence-electron chi connectivity index (χ4n) is 1.72. The number of nitriles is 1. The molecule has 1 unspecified atom stereocenters. The Morgan fingerprint density at radius 2 is 2.25 bits per heavy atom. The van der Waals surface area contributed by atoms with Gasteiger partial charge in [-0.3, -0.25) is 4.79 Å². The zero-order valence-corrected chi connectivity index (χ0v) is 13.0. The smallest absolute Gasteiger partial charge is 0.221 e. The van der Waals surface area contributed by atoms with Gasteiger partial charge < -0.3 is 10.6 Å². The van der Waals surface area contributed by atoms with Crippen LogP contribution in [0.2, 0.25) is 0 Å². The predicted octanol–water partition coefficient (Wildman–Crippen LogP) is 3.00. The van der Waals surface area contributed by atoms with Crippen molar-refractivity contribution in [2.45, 2.75) is 37.6 Å². The molecule has 0 heterocycles. The lowest BCUT2D eigenvalue weighted by Gasteiger charge is -2.13. The van der Waals surface area contributed by atoms with E-state index in [4.69, 9.17) is 0 Å². The van der Waals surface area contributed by atoms with Crippen molar-refractivity contribution in [1.29, 1.82) is 5.26 Å². The van der Waals surface area contributed by atoms with E-state index in [2.05, 4.69) is 16.7 Å². The molecule has 1 aromatic rings. The fraction of sp³-hybridized carbons (Fsp3) is 0.467. The van der Waals surface area contributed by atoms with E-state index in [-0.39, 0.29) is 11.9 Å². The molecular formula is C15H21N3OS. The Morgan fingerprint density at radius 1 is 1.50 bits per heavy atom. The van der Waals surface area contributed by atoms with Gasteiger partial charge in [-0.15, -0.1) is 11.8 Å². The average Bonchev–Trinajstić information content (AvgIpc) is 2.46. The predicted molar refractivity (Wildman–Crippen MR) is 83.9 cm³/mol. The maximum atomic E-state index is 11.7. The number of amides is 1. The third-order valence-corrected chi connectivity index (χ3v) is 3.83. The molecule has 0 aliphatic heterocycles. The zero-order chi connectivity index (χ0) is 15.0. The molecule has 0 radical (unpaired) electrons. The molecule has 108 valence electrons. The van der Waals surface area contributed by atoms with Crippen LogP contribution in [0.3, 0.4) is 0 Å². The second-order valence-electron chi connectivity index (χ2n) is 4.55. The second-order valence-corrected chi connectivity index (χ2v) is 5.40. The maximum absolute atomic E-state index is 11.7. The molecule has 4 nitrogen and oxygen atoms in total. The number of hydrogen-bond acceptors (Lipinski definition) is 4. The Kier molecular flexibility index (Phi) is 6.96. The number of carbonyl (C=O) groups excluding carboxylic acids is 1. The molecule has 0 fully saturated rings. The highest BCUT2D eigenvalue weighted by Gasteiger charge is 2.08. The van der Waals surface area contributed by atoms with E-state index >= 15 is 0 Å². The van der Waals surface area contributed by atoms with Crippen LogP contribution in [0, 0.1) is 11.3 Å². The van der Waals surface area contributed by atoms with Gasteiger partial charge in [0.2, 0.25) is 5.91 Å². The van der Waals surface area contributed by atoms with E-state index in [1.165, 1.54) is 0 Å². The summed E-state index contributed by atoms with van der Waals surface area (Å²) in [7, 11) is 0.